The van der Waals surface area contributed by atoms with Crippen molar-refractivity contribution in [2.24, 2.45) is 0 Å². The number of methoxy groups -OCH3 is 2. The molecule has 4 heteroatoms. The SMILES string of the molecule is COc1ccc(NC/C=C/c2ccc(Cl)cc2)c(OC)c1. The summed E-state index contributed by atoms with van der Waals surface area (Å²) in [6, 6.07) is 13.4. The lowest BCUT2D eigenvalue weighted by atomic mass is 10.2. The first-order valence-corrected chi connectivity index (χ1v) is 6.98. The van der Waals surface area contributed by atoms with Crippen molar-refractivity contribution in [2.75, 3.05) is 26.1 Å². The van der Waals surface area contributed by atoms with Gasteiger partial charge in [-0.2, -0.15) is 0 Å². The van der Waals surface area contributed by atoms with Crippen molar-refractivity contribution in [1.82, 2.24) is 0 Å². The molecular formula is C17H18ClNO2. The third-order valence-electron chi connectivity index (χ3n) is 3.00. The van der Waals surface area contributed by atoms with E-state index >= 15 is 0 Å². The summed E-state index contributed by atoms with van der Waals surface area (Å²) in [4.78, 5) is 0. The van der Waals surface area contributed by atoms with E-state index in [4.69, 9.17) is 21.1 Å². The number of ether oxygens (including phenoxy) is 2. The van der Waals surface area contributed by atoms with Gasteiger partial charge in [0.1, 0.15) is 11.5 Å². The smallest absolute Gasteiger partial charge is 0.145 e. The lowest BCUT2D eigenvalue weighted by Gasteiger charge is -2.11. The molecule has 0 saturated carbocycles. The monoisotopic (exact) mass is 303 g/mol. The van der Waals surface area contributed by atoms with Crippen LogP contribution in [-0.2, 0) is 0 Å². The van der Waals surface area contributed by atoms with Gasteiger partial charge >= 0.3 is 0 Å². The Morgan fingerprint density at radius 3 is 2.48 bits per heavy atom. The Morgan fingerprint density at radius 1 is 1.05 bits per heavy atom. The Kier molecular flexibility index (Phi) is 5.52. The van der Waals surface area contributed by atoms with Gasteiger partial charge in [-0.3, -0.25) is 0 Å². The van der Waals surface area contributed by atoms with E-state index in [9.17, 15) is 0 Å². The molecule has 3 nitrogen and oxygen atoms in total. The molecule has 0 aromatic heterocycles. The molecule has 0 aliphatic carbocycles. The molecule has 0 amide bonds. The molecule has 0 atom stereocenters. The van der Waals surface area contributed by atoms with E-state index in [1.165, 1.54) is 0 Å². The molecule has 0 fully saturated rings. The van der Waals surface area contributed by atoms with Gasteiger partial charge in [-0.1, -0.05) is 35.9 Å². The molecule has 0 heterocycles. The van der Waals surface area contributed by atoms with Gasteiger partial charge in [-0.15, -0.1) is 0 Å². The number of anilines is 1. The van der Waals surface area contributed by atoms with Crippen molar-refractivity contribution in [3.05, 3.63) is 59.1 Å². The molecule has 0 aliphatic rings. The summed E-state index contributed by atoms with van der Waals surface area (Å²) in [5.74, 6) is 1.53. The van der Waals surface area contributed by atoms with Crippen molar-refractivity contribution < 1.29 is 9.47 Å². The minimum absolute atomic E-state index is 0.700. The summed E-state index contributed by atoms with van der Waals surface area (Å²) < 4.78 is 10.5. The third kappa shape index (κ3) is 4.43. The van der Waals surface area contributed by atoms with E-state index in [0.717, 1.165) is 27.8 Å². The van der Waals surface area contributed by atoms with Crippen LogP contribution in [0.2, 0.25) is 5.02 Å². The number of hydrogen-bond donors (Lipinski definition) is 1. The Bertz CT molecular complexity index is 609. The molecule has 1 N–H and O–H groups in total. The van der Waals surface area contributed by atoms with E-state index in [1.54, 1.807) is 14.2 Å². The van der Waals surface area contributed by atoms with Gasteiger partial charge in [-0.05, 0) is 29.8 Å². The summed E-state index contributed by atoms with van der Waals surface area (Å²) in [6.07, 6.45) is 4.09. The van der Waals surface area contributed by atoms with E-state index in [0.29, 0.717) is 6.54 Å². The molecule has 0 saturated heterocycles. The number of nitrogens with one attached hydrogen (secondary N) is 1. The minimum Gasteiger partial charge on any atom is -0.497 e. The fraction of sp³-hybridized carbons (Fsp3) is 0.176. The molecule has 0 aliphatic heterocycles. The summed E-state index contributed by atoms with van der Waals surface area (Å²) in [5.41, 5.74) is 2.04. The van der Waals surface area contributed by atoms with Gasteiger partial charge in [0, 0.05) is 17.6 Å². The Balaban J connectivity index is 1.95. The third-order valence-corrected chi connectivity index (χ3v) is 3.25. The van der Waals surface area contributed by atoms with Gasteiger partial charge < -0.3 is 14.8 Å². The van der Waals surface area contributed by atoms with Crippen molar-refractivity contribution in [3.63, 3.8) is 0 Å². The highest BCUT2D eigenvalue weighted by Gasteiger charge is 2.03. The zero-order valence-corrected chi connectivity index (χ0v) is 12.9. The second kappa shape index (κ2) is 7.60. The van der Waals surface area contributed by atoms with Gasteiger partial charge in [0.05, 0.1) is 19.9 Å². The first kappa shape index (κ1) is 15.3. The second-order valence-corrected chi connectivity index (χ2v) is 4.84. The van der Waals surface area contributed by atoms with E-state index in [2.05, 4.69) is 5.32 Å². The van der Waals surface area contributed by atoms with Crippen LogP contribution in [0.25, 0.3) is 6.08 Å². The van der Waals surface area contributed by atoms with Crippen LogP contribution in [0, 0.1) is 0 Å². The molecule has 2 aromatic rings. The van der Waals surface area contributed by atoms with Crippen molar-refractivity contribution in [1.29, 1.82) is 0 Å². The summed E-state index contributed by atoms with van der Waals surface area (Å²) in [7, 11) is 3.28. The van der Waals surface area contributed by atoms with Crippen LogP contribution >= 0.6 is 11.6 Å². The van der Waals surface area contributed by atoms with E-state index < -0.39 is 0 Å². The van der Waals surface area contributed by atoms with Crippen LogP contribution in [-0.4, -0.2) is 20.8 Å². The van der Waals surface area contributed by atoms with Crippen LogP contribution < -0.4 is 14.8 Å². The topological polar surface area (TPSA) is 30.5 Å². The number of benzene rings is 2. The lowest BCUT2D eigenvalue weighted by molar-refractivity contribution is 0.395. The fourth-order valence-electron chi connectivity index (χ4n) is 1.88. The molecule has 2 aromatic carbocycles. The van der Waals surface area contributed by atoms with Crippen molar-refractivity contribution in [3.8, 4) is 11.5 Å². The Hall–Kier alpha value is -2.13. The minimum atomic E-state index is 0.700. The number of rotatable bonds is 6. The Labute approximate surface area is 130 Å². The predicted molar refractivity (Wildman–Crippen MR) is 88.5 cm³/mol. The largest absolute Gasteiger partial charge is 0.497 e. The summed E-state index contributed by atoms with van der Waals surface area (Å²) >= 11 is 5.85. The quantitative estimate of drug-likeness (QED) is 0.853. The van der Waals surface area contributed by atoms with Crippen LogP contribution in [0.1, 0.15) is 5.56 Å². The Morgan fingerprint density at radius 2 is 1.81 bits per heavy atom. The van der Waals surface area contributed by atoms with Crippen molar-refractivity contribution >= 4 is 23.4 Å². The highest BCUT2D eigenvalue weighted by atomic mass is 35.5. The van der Waals surface area contributed by atoms with Crippen LogP contribution in [0.3, 0.4) is 0 Å². The normalized spacial score (nSPS) is 10.6. The maximum absolute atomic E-state index is 5.85. The first-order chi connectivity index (χ1) is 10.2. The second-order valence-electron chi connectivity index (χ2n) is 4.40. The summed E-state index contributed by atoms with van der Waals surface area (Å²) in [6.45, 7) is 0.700. The molecule has 0 unspecified atom stereocenters. The molecule has 0 radical (unpaired) electrons. The summed E-state index contributed by atoms with van der Waals surface area (Å²) in [5, 5.41) is 4.05. The molecule has 2 rings (SSSR count). The standard InChI is InChI=1S/C17H18ClNO2/c1-20-15-9-10-16(17(12-15)21-2)19-11-3-4-13-5-7-14(18)8-6-13/h3-10,12,19H,11H2,1-2H3/b4-3+. The highest BCUT2D eigenvalue weighted by Crippen LogP contribution is 2.28. The van der Waals surface area contributed by atoms with Crippen molar-refractivity contribution in [2.45, 2.75) is 0 Å². The van der Waals surface area contributed by atoms with Gasteiger partial charge in [-0.25, -0.2) is 0 Å². The average Bonchev–Trinajstić information content (AvgIpc) is 2.53. The van der Waals surface area contributed by atoms with E-state index in [-0.39, 0.29) is 0 Å². The van der Waals surface area contributed by atoms with Gasteiger partial charge in [0.15, 0.2) is 0 Å². The zero-order valence-electron chi connectivity index (χ0n) is 12.1. The van der Waals surface area contributed by atoms with Gasteiger partial charge in [0.2, 0.25) is 0 Å². The van der Waals surface area contributed by atoms with Crippen LogP contribution in [0.4, 0.5) is 5.69 Å². The van der Waals surface area contributed by atoms with Gasteiger partial charge in [0.25, 0.3) is 0 Å². The molecular weight excluding hydrogens is 286 g/mol. The molecule has 0 spiro atoms. The maximum atomic E-state index is 5.85. The highest BCUT2D eigenvalue weighted by molar-refractivity contribution is 6.30. The van der Waals surface area contributed by atoms with E-state index in [1.807, 2.05) is 54.6 Å². The molecule has 0 bridgehead atoms. The number of halogens is 1. The number of hydrogen-bond acceptors (Lipinski definition) is 3. The first-order valence-electron chi connectivity index (χ1n) is 6.61. The average molecular weight is 304 g/mol. The predicted octanol–water partition coefficient (Wildman–Crippen LogP) is 4.48. The molecule has 21 heavy (non-hydrogen) atoms. The zero-order chi connectivity index (χ0) is 15.1. The van der Waals surface area contributed by atoms with Crippen LogP contribution in [0.5, 0.6) is 11.5 Å². The fourth-order valence-corrected chi connectivity index (χ4v) is 2.01. The lowest BCUT2D eigenvalue weighted by Crippen LogP contribution is -2.00. The molecule has 110 valence electrons. The van der Waals surface area contributed by atoms with Crippen LogP contribution in [0.15, 0.2) is 48.5 Å². The maximum Gasteiger partial charge on any atom is 0.145 e.